The van der Waals surface area contributed by atoms with Gasteiger partial charge in [0, 0.05) is 0 Å². The molecule has 1 rings (SSSR count). The van der Waals surface area contributed by atoms with E-state index in [0.717, 1.165) is 11.2 Å². The van der Waals surface area contributed by atoms with E-state index in [-0.39, 0.29) is 19.6 Å². The van der Waals surface area contributed by atoms with Gasteiger partial charge in [0.15, 0.2) is 0 Å². The van der Waals surface area contributed by atoms with E-state index in [4.69, 9.17) is 8.92 Å². The Morgan fingerprint density at radius 1 is 1.38 bits per heavy atom. The predicted molar refractivity (Wildman–Crippen MR) is 73.0 cm³/mol. The number of hydrogen-bond donors (Lipinski definition) is 0. The Morgan fingerprint density at radius 3 is 2.57 bits per heavy atom. The van der Waals surface area contributed by atoms with Gasteiger partial charge in [-0.3, -0.25) is 9.08 Å². The van der Waals surface area contributed by atoms with Gasteiger partial charge in [0.05, 0.1) is 26.0 Å². The van der Waals surface area contributed by atoms with Gasteiger partial charge >= 0.3 is 12.1 Å². The number of ether oxygens (including phenoxy) is 2. The molecule has 1 amide bonds. The molecule has 0 saturated carbocycles. The minimum absolute atomic E-state index is 0.0131. The largest absolute Gasteiger partial charge is 0.467 e. The molecule has 8 nitrogen and oxygen atoms in total. The van der Waals surface area contributed by atoms with E-state index in [2.05, 4.69) is 11.3 Å². The third-order valence-corrected chi connectivity index (χ3v) is 3.50. The molecule has 0 bridgehead atoms. The quantitative estimate of drug-likeness (QED) is 0.407. The Labute approximate surface area is 123 Å². The maximum Gasteiger partial charge on any atom is 0.410 e. The van der Waals surface area contributed by atoms with E-state index in [1.54, 1.807) is 0 Å². The lowest BCUT2D eigenvalue weighted by Crippen LogP contribution is -2.53. The number of nitrogens with zero attached hydrogens (tertiary/aromatic N) is 1. The standard InChI is InChI=1S/C12H19NO7S/c1-4-7-19-12(15)13-8-9(20-21(3,16)17)5-6-10(13)11(14)18-2/h4,9-10H,1,5-8H2,2-3H3/t9-,10-/m0/s1. The van der Waals surface area contributed by atoms with Crippen LogP contribution >= 0.6 is 0 Å². The zero-order valence-electron chi connectivity index (χ0n) is 12.0. The minimum atomic E-state index is -3.64. The highest BCUT2D eigenvalue weighted by atomic mass is 32.2. The van der Waals surface area contributed by atoms with E-state index in [1.807, 2.05) is 0 Å². The lowest BCUT2D eigenvalue weighted by atomic mass is 10.0. The summed E-state index contributed by atoms with van der Waals surface area (Å²) in [5.74, 6) is -0.580. The van der Waals surface area contributed by atoms with Crippen LogP contribution in [0.5, 0.6) is 0 Å². The van der Waals surface area contributed by atoms with Crippen LogP contribution in [-0.4, -0.2) is 64.0 Å². The molecule has 0 aromatic rings. The molecule has 0 N–H and O–H groups in total. The van der Waals surface area contributed by atoms with Gasteiger partial charge in [0.1, 0.15) is 12.6 Å². The molecule has 0 unspecified atom stereocenters. The highest BCUT2D eigenvalue weighted by Crippen LogP contribution is 2.22. The van der Waals surface area contributed by atoms with Gasteiger partial charge in [-0.25, -0.2) is 9.59 Å². The summed E-state index contributed by atoms with van der Waals surface area (Å²) >= 11 is 0. The summed E-state index contributed by atoms with van der Waals surface area (Å²) < 4.78 is 36.7. The molecule has 2 atom stereocenters. The van der Waals surface area contributed by atoms with Crippen LogP contribution in [0.2, 0.25) is 0 Å². The predicted octanol–water partition coefficient (Wildman–Crippen LogP) is 0.291. The highest BCUT2D eigenvalue weighted by molar-refractivity contribution is 7.86. The van der Waals surface area contributed by atoms with Crippen molar-refractivity contribution in [1.82, 2.24) is 4.90 Å². The minimum Gasteiger partial charge on any atom is -0.467 e. The lowest BCUT2D eigenvalue weighted by molar-refractivity contribution is -0.148. The molecule has 0 aromatic heterocycles. The Hall–Kier alpha value is -1.61. The van der Waals surface area contributed by atoms with Crippen molar-refractivity contribution in [1.29, 1.82) is 0 Å². The fourth-order valence-electron chi connectivity index (χ4n) is 2.06. The first-order chi connectivity index (χ1) is 9.78. The number of piperidine rings is 1. The summed E-state index contributed by atoms with van der Waals surface area (Å²) in [6.45, 7) is 3.34. The zero-order valence-corrected chi connectivity index (χ0v) is 12.8. The highest BCUT2D eigenvalue weighted by Gasteiger charge is 2.38. The Morgan fingerprint density at radius 2 is 2.05 bits per heavy atom. The molecule has 1 fully saturated rings. The summed E-state index contributed by atoms with van der Waals surface area (Å²) in [6.07, 6.45) is 1.41. The molecule has 0 aromatic carbocycles. The monoisotopic (exact) mass is 321 g/mol. The van der Waals surface area contributed by atoms with Crippen LogP contribution in [0.1, 0.15) is 12.8 Å². The van der Waals surface area contributed by atoms with E-state index in [1.165, 1.54) is 13.2 Å². The Bertz CT molecular complexity index is 502. The number of carbonyl (C=O) groups excluding carboxylic acids is 2. The summed E-state index contributed by atoms with van der Waals surface area (Å²) in [5.41, 5.74) is 0. The molecule has 0 aliphatic carbocycles. The summed E-state index contributed by atoms with van der Waals surface area (Å²) in [4.78, 5) is 24.8. The molecule has 0 radical (unpaired) electrons. The van der Waals surface area contributed by atoms with E-state index in [0.29, 0.717) is 6.42 Å². The molecular formula is C12H19NO7S. The molecule has 1 aliphatic heterocycles. The molecular weight excluding hydrogens is 302 g/mol. The number of likely N-dealkylation sites (tertiary alicyclic amines) is 1. The van der Waals surface area contributed by atoms with Crippen molar-refractivity contribution in [3.05, 3.63) is 12.7 Å². The Kier molecular flexibility index (Phi) is 6.16. The third-order valence-electron chi connectivity index (χ3n) is 2.88. The van der Waals surface area contributed by atoms with Crippen LogP contribution in [0.3, 0.4) is 0 Å². The summed E-state index contributed by atoms with van der Waals surface area (Å²) in [7, 11) is -2.43. The molecule has 9 heteroatoms. The Balaban J connectivity index is 2.83. The van der Waals surface area contributed by atoms with Crippen LogP contribution in [-0.2, 0) is 28.6 Å². The van der Waals surface area contributed by atoms with Gasteiger partial charge in [0.2, 0.25) is 0 Å². The van der Waals surface area contributed by atoms with E-state index in [9.17, 15) is 18.0 Å². The average Bonchev–Trinajstić information content (AvgIpc) is 2.42. The molecule has 1 saturated heterocycles. The van der Waals surface area contributed by atoms with E-state index < -0.39 is 34.3 Å². The second kappa shape index (κ2) is 7.41. The molecule has 0 spiro atoms. The third kappa shape index (κ3) is 5.35. The van der Waals surface area contributed by atoms with E-state index >= 15 is 0 Å². The smallest absolute Gasteiger partial charge is 0.410 e. The first kappa shape index (κ1) is 17.4. The van der Waals surface area contributed by atoms with Crippen LogP contribution < -0.4 is 0 Å². The molecule has 120 valence electrons. The molecule has 1 heterocycles. The number of esters is 1. The van der Waals surface area contributed by atoms with Crippen molar-refractivity contribution in [2.75, 3.05) is 26.5 Å². The normalized spacial score (nSPS) is 22.5. The van der Waals surface area contributed by atoms with Crippen molar-refractivity contribution in [2.45, 2.75) is 25.0 Å². The fourth-order valence-corrected chi connectivity index (χ4v) is 2.71. The summed E-state index contributed by atoms with van der Waals surface area (Å²) in [5, 5.41) is 0. The van der Waals surface area contributed by atoms with Crippen LogP contribution in [0.4, 0.5) is 4.79 Å². The van der Waals surface area contributed by atoms with Crippen LogP contribution in [0.25, 0.3) is 0 Å². The van der Waals surface area contributed by atoms with Crippen molar-refractivity contribution < 1.29 is 31.7 Å². The van der Waals surface area contributed by atoms with Gasteiger partial charge in [-0.05, 0) is 12.8 Å². The van der Waals surface area contributed by atoms with Crippen molar-refractivity contribution in [3.8, 4) is 0 Å². The van der Waals surface area contributed by atoms with Crippen LogP contribution in [0.15, 0.2) is 12.7 Å². The second-order valence-electron chi connectivity index (χ2n) is 4.56. The van der Waals surface area contributed by atoms with Gasteiger partial charge in [0.25, 0.3) is 10.1 Å². The van der Waals surface area contributed by atoms with Crippen molar-refractivity contribution in [2.24, 2.45) is 0 Å². The lowest BCUT2D eigenvalue weighted by Gasteiger charge is -2.36. The zero-order chi connectivity index (χ0) is 16.0. The van der Waals surface area contributed by atoms with Crippen molar-refractivity contribution >= 4 is 22.2 Å². The molecule has 1 aliphatic rings. The van der Waals surface area contributed by atoms with Gasteiger partial charge < -0.3 is 9.47 Å². The SMILES string of the molecule is C=CCOC(=O)N1C[C@@H](OS(C)(=O)=O)CC[C@H]1C(=O)OC. The van der Waals surface area contributed by atoms with Gasteiger partial charge in [-0.2, -0.15) is 8.42 Å². The van der Waals surface area contributed by atoms with Gasteiger partial charge in [-0.15, -0.1) is 0 Å². The fraction of sp³-hybridized carbons (Fsp3) is 0.667. The maximum absolute atomic E-state index is 11.9. The topological polar surface area (TPSA) is 99.2 Å². The first-order valence-electron chi connectivity index (χ1n) is 6.29. The number of amides is 1. The number of carbonyl (C=O) groups is 2. The van der Waals surface area contributed by atoms with Crippen molar-refractivity contribution in [3.63, 3.8) is 0 Å². The maximum atomic E-state index is 11.9. The summed E-state index contributed by atoms with van der Waals surface area (Å²) in [6, 6.07) is -0.813. The number of rotatable bonds is 5. The molecule has 21 heavy (non-hydrogen) atoms. The number of hydrogen-bond acceptors (Lipinski definition) is 7. The number of methoxy groups -OCH3 is 1. The second-order valence-corrected chi connectivity index (χ2v) is 6.16. The first-order valence-corrected chi connectivity index (χ1v) is 8.10. The average molecular weight is 321 g/mol. The van der Waals surface area contributed by atoms with Crippen LogP contribution in [0, 0.1) is 0 Å². The van der Waals surface area contributed by atoms with Gasteiger partial charge in [-0.1, -0.05) is 12.7 Å².